The largest absolute Gasteiger partial charge is 0.492 e. The fraction of sp³-hybridized carbons (Fsp3) is 0.429. The molecule has 1 fully saturated rings. The summed E-state index contributed by atoms with van der Waals surface area (Å²) in [4.78, 5) is 27.9. The van der Waals surface area contributed by atoms with Crippen LogP contribution in [0.5, 0.6) is 5.75 Å². The SMILES string of the molecule is CCC(C)c1cccc(Cn2nc(C)c3c(CC(=O)c4cnc5cc(OCCN6CCN(C)[C@@H](C)C6)ccn45)cccc32)n1. The number of nitrogens with zero attached hydrogens (tertiary/aromatic N) is 7. The van der Waals surface area contributed by atoms with Crippen LogP contribution in [0.15, 0.2) is 60.9 Å². The van der Waals surface area contributed by atoms with E-state index in [1.807, 2.05) is 46.5 Å². The van der Waals surface area contributed by atoms with Gasteiger partial charge in [-0.15, -0.1) is 0 Å². The van der Waals surface area contributed by atoms with Crippen molar-refractivity contribution in [1.29, 1.82) is 0 Å². The molecule has 6 rings (SSSR count). The molecule has 0 radical (unpaired) electrons. The van der Waals surface area contributed by atoms with Crippen LogP contribution in [-0.2, 0) is 13.0 Å². The number of likely N-dealkylation sites (N-methyl/N-ethyl adjacent to an activating group) is 1. The molecule has 0 bridgehead atoms. The van der Waals surface area contributed by atoms with Crippen LogP contribution in [-0.4, -0.2) is 85.6 Å². The summed E-state index contributed by atoms with van der Waals surface area (Å²) in [7, 11) is 2.18. The van der Waals surface area contributed by atoms with Crippen molar-refractivity contribution in [2.45, 2.75) is 59.0 Å². The lowest BCUT2D eigenvalue weighted by atomic mass is 10.0. The number of carbonyl (C=O) groups is 1. The fourth-order valence-electron chi connectivity index (χ4n) is 6.14. The van der Waals surface area contributed by atoms with Crippen molar-refractivity contribution in [3.63, 3.8) is 0 Å². The van der Waals surface area contributed by atoms with E-state index in [1.165, 1.54) is 0 Å². The smallest absolute Gasteiger partial charge is 0.185 e. The van der Waals surface area contributed by atoms with Gasteiger partial charge in [0.15, 0.2) is 5.78 Å². The molecule has 1 aliphatic heterocycles. The Morgan fingerprint density at radius 3 is 2.80 bits per heavy atom. The molecule has 1 aliphatic rings. The van der Waals surface area contributed by atoms with Gasteiger partial charge in [0, 0.05) is 62.0 Å². The summed E-state index contributed by atoms with van der Waals surface area (Å²) in [5, 5.41) is 5.89. The summed E-state index contributed by atoms with van der Waals surface area (Å²) >= 11 is 0. The summed E-state index contributed by atoms with van der Waals surface area (Å²) in [6.45, 7) is 14.0. The highest BCUT2D eigenvalue weighted by atomic mass is 16.5. The third-order valence-electron chi connectivity index (χ3n) is 9.14. The van der Waals surface area contributed by atoms with Gasteiger partial charge < -0.3 is 9.64 Å². The maximum Gasteiger partial charge on any atom is 0.185 e. The van der Waals surface area contributed by atoms with Crippen LogP contribution in [0.1, 0.15) is 66.2 Å². The molecule has 5 heterocycles. The van der Waals surface area contributed by atoms with E-state index >= 15 is 0 Å². The van der Waals surface area contributed by atoms with E-state index in [1.54, 1.807) is 6.20 Å². The molecule has 9 heteroatoms. The first-order valence-electron chi connectivity index (χ1n) is 15.8. The minimum absolute atomic E-state index is 0.0120. The second-order valence-corrected chi connectivity index (χ2v) is 12.2. The number of rotatable bonds is 11. The Morgan fingerprint density at radius 1 is 1.14 bits per heavy atom. The van der Waals surface area contributed by atoms with Gasteiger partial charge in [0.05, 0.1) is 29.6 Å². The molecule has 230 valence electrons. The molecule has 9 nitrogen and oxygen atoms in total. The van der Waals surface area contributed by atoms with Crippen molar-refractivity contribution >= 4 is 22.3 Å². The topological polar surface area (TPSA) is 80.8 Å². The zero-order valence-corrected chi connectivity index (χ0v) is 26.5. The molecule has 4 aromatic heterocycles. The van der Waals surface area contributed by atoms with Crippen molar-refractivity contribution in [1.82, 2.24) is 33.9 Å². The summed E-state index contributed by atoms with van der Waals surface area (Å²) in [6.07, 6.45) is 4.86. The van der Waals surface area contributed by atoms with Crippen LogP contribution in [0.3, 0.4) is 0 Å². The highest BCUT2D eigenvalue weighted by Crippen LogP contribution is 2.26. The highest BCUT2D eigenvalue weighted by molar-refractivity contribution is 5.99. The van der Waals surface area contributed by atoms with Gasteiger partial charge in [0.2, 0.25) is 0 Å². The Labute approximate surface area is 259 Å². The number of aromatic nitrogens is 5. The summed E-state index contributed by atoms with van der Waals surface area (Å²) in [6, 6.07) is 16.7. The average molecular weight is 594 g/mol. The van der Waals surface area contributed by atoms with Gasteiger partial charge in [-0.25, -0.2) is 4.98 Å². The van der Waals surface area contributed by atoms with Gasteiger partial charge in [0.25, 0.3) is 0 Å². The summed E-state index contributed by atoms with van der Waals surface area (Å²) in [5.74, 6) is 1.19. The standard InChI is InChI=1S/C35H43N7O2/c1-6-24(2)30-11-8-10-28(37-30)23-42-31-12-7-9-27(35(31)26(4)38-42)19-33(43)32-21-36-34-20-29(13-14-41(32)34)44-18-17-40-16-15-39(5)25(3)22-40/h7-14,20-21,24-25H,6,15-19,22-23H2,1-5H3/t24?,25-/m0/s1. The Balaban J connectivity index is 1.15. The van der Waals surface area contributed by atoms with Crippen molar-refractivity contribution in [3.05, 3.63) is 89.3 Å². The number of benzene rings is 1. The molecule has 0 spiro atoms. The first-order valence-corrected chi connectivity index (χ1v) is 15.8. The number of ketones is 1. The van der Waals surface area contributed by atoms with Crippen LogP contribution in [0.4, 0.5) is 0 Å². The third-order valence-corrected chi connectivity index (χ3v) is 9.14. The number of hydrogen-bond donors (Lipinski definition) is 0. The number of aryl methyl sites for hydroxylation is 1. The van der Waals surface area contributed by atoms with Crippen molar-refractivity contribution in [2.24, 2.45) is 0 Å². The maximum absolute atomic E-state index is 13.6. The zero-order valence-electron chi connectivity index (χ0n) is 26.5. The van der Waals surface area contributed by atoms with Gasteiger partial charge in [-0.2, -0.15) is 5.10 Å². The Hall–Kier alpha value is -4.08. The fourth-order valence-corrected chi connectivity index (χ4v) is 6.14. The van der Waals surface area contributed by atoms with E-state index in [9.17, 15) is 4.79 Å². The van der Waals surface area contributed by atoms with E-state index < -0.39 is 0 Å². The number of hydrogen-bond acceptors (Lipinski definition) is 7. The lowest BCUT2D eigenvalue weighted by molar-refractivity contribution is 0.0928. The van der Waals surface area contributed by atoms with Gasteiger partial charge in [-0.3, -0.25) is 23.8 Å². The Kier molecular flexibility index (Phi) is 8.77. The Bertz CT molecular complexity index is 1770. The average Bonchev–Trinajstić information content (AvgIpc) is 3.59. The zero-order chi connectivity index (χ0) is 30.8. The van der Waals surface area contributed by atoms with Crippen LogP contribution in [0, 0.1) is 6.92 Å². The molecular formula is C35H43N7O2. The molecule has 1 aromatic carbocycles. The molecule has 0 N–H and O–H groups in total. The third kappa shape index (κ3) is 6.25. The number of Topliss-reactive ketones (excluding diaryl/α,β-unsaturated/α-hetero) is 1. The minimum atomic E-state index is 0.0120. The van der Waals surface area contributed by atoms with Crippen molar-refractivity contribution in [3.8, 4) is 5.75 Å². The van der Waals surface area contributed by atoms with Gasteiger partial charge >= 0.3 is 0 Å². The summed E-state index contributed by atoms with van der Waals surface area (Å²) in [5.41, 5.74) is 6.24. The maximum atomic E-state index is 13.6. The normalized spacial score (nSPS) is 17.0. The summed E-state index contributed by atoms with van der Waals surface area (Å²) < 4.78 is 9.92. The van der Waals surface area contributed by atoms with Crippen LogP contribution in [0.2, 0.25) is 0 Å². The molecular weight excluding hydrogens is 550 g/mol. The predicted molar refractivity (Wildman–Crippen MR) is 174 cm³/mol. The predicted octanol–water partition coefficient (Wildman–Crippen LogP) is 5.39. The quantitative estimate of drug-likeness (QED) is 0.190. The second-order valence-electron chi connectivity index (χ2n) is 12.2. The van der Waals surface area contributed by atoms with E-state index in [-0.39, 0.29) is 12.2 Å². The van der Waals surface area contributed by atoms with E-state index in [0.717, 1.165) is 71.9 Å². The molecule has 44 heavy (non-hydrogen) atoms. The number of imidazole rings is 1. The first-order chi connectivity index (χ1) is 21.3. The van der Waals surface area contributed by atoms with Gasteiger partial charge in [0.1, 0.15) is 23.7 Å². The first kappa shape index (κ1) is 30.0. The molecule has 2 atom stereocenters. The van der Waals surface area contributed by atoms with E-state index in [2.05, 4.69) is 66.9 Å². The molecule has 5 aromatic rings. The number of ether oxygens (including phenoxy) is 1. The number of piperazine rings is 1. The lowest BCUT2D eigenvalue weighted by Crippen LogP contribution is -2.50. The monoisotopic (exact) mass is 593 g/mol. The van der Waals surface area contributed by atoms with Crippen LogP contribution < -0.4 is 4.74 Å². The number of pyridine rings is 2. The molecule has 0 amide bonds. The molecule has 0 aliphatic carbocycles. The van der Waals surface area contributed by atoms with Crippen molar-refractivity contribution in [2.75, 3.05) is 39.8 Å². The van der Waals surface area contributed by atoms with Gasteiger partial charge in [-0.1, -0.05) is 32.0 Å². The minimum Gasteiger partial charge on any atom is -0.492 e. The molecule has 1 unspecified atom stereocenters. The number of carbonyl (C=O) groups excluding carboxylic acids is 1. The molecule has 1 saturated heterocycles. The van der Waals surface area contributed by atoms with Gasteiger partial charge in [-0.05, 0) is 63.1 Å². The molecule has 0 saturated carbocycles. The lowest BCUT2D eigenvalue weighted by Gasteiger charge is -2.37. The highest BCUT2D eigenvalue weighted by Gasteiger charge is 2.21. The van der Waals surface area contributed by atoms with Crippen LogP contribution in [0.25, 0.3) is 16.6 Å². The van der Waals surface area contributed by atoms with E-state index in [0.29, 0.717) is 36.5 Å². The second kappa shape index (κ2) is 12.9. The Morgan fingerprint density at radius 2 is 1.98 bits per heavy atom. The van der Waals surface area contributed by atoms with Crippen LogP contribution >= 0.6 is 0 Å². The number of fused-ring (bicyclic) bond motifs is 2. The van der Waals surface area contributed by atoms with Crippen molar-refractivity contribution < 1.29 is 9.53 Å². The van der Waals surface area contributed by atoms with E-state index in [4.69, 9.17) is 14.8 Å².